The number of aromatic nitrogens is 3. The summed E-state index contributed by atoms with van der Waals surface area (Å²) < 4.78 is 18.6. The first-order valence-corrected chi connectivity index (χ1v) is 9.98. The molecule has 8 nitrogen and oxygen atoms in total. The highest BCUT2D eigenvalue weighted by atomic mass is 16.5. The van der Waals surface area contributed by atoms with E-state index >= 15 is 0 Å². The number of methoxy groups -OCH3 is 1. The zero-order valence-corrected chi connectivity index (χ0v) is 17.9. The molecule has 1 unspecified atom stereocenters. The summed E-state index contributed by atoms with van der Waals surface area (Å²) in [6, 6.07) is 5.95. The van der Waals surface area contributed by atoms with Gasteiger partial charge in [0.15, 0.2) is 11.5 Å². The number of anilines is 1. The van der Waals surface area contributed by atoms with E-state index in [0.717, 1.165) is 34.0 Å². The average molecular weight is 410 g/mol. The molecule has 0 fully saturated rings. The van der Waals surface area contributed by atoms with E-state index in [9.17, 15) is 4.79 Å². The standard InChI is InChI=1S/C22H26N4O4/c1-12(2)26-22-17(10-23-26)16(9-21(27)24-22)15-6-7-19(20(8-15)28-5)29-11-18-13(3)25-30-14(18)4/h6-8,10,12,16H,9,11H2,1-5H3,(H,24,27). The van der Waals surface area contributed by atoms with E-state index in [1.54, 1.807) is 7.11 Å². The van der Waals surface area contributed by atoms with Crippen molar-refractivity contribution in [2.75, 3.05) is 12.4 Å². The fraction of sp³-hybridized carbons (Fsp3) is 0.409. The van der Waals surface area contributed by atoms with Gasteiger partial charge in [-0.2, -0.15) is 5.10 Å². The Morgan fingerprint density at radius 3 is 2.77 bits per heavy atom. The van der Waals surface area contributed by atoms with Crippen molar-refractivity contribution in [3.05, 3.63) is 52.5 Å². The number of benzene rings is 1. The van der Waals surface area contributed by atoms with Gasteiger partial charge in [0.05, 0.1) is 24.6 Å². The van der Waals surface area contributed by atoms with Gasteiger partial charge in [-0.3, -0.25) is 4.79 Å². The zero-order chi connectivity index (χ0) is 21.4. The summed E-state index contributed by atoms with van der Waals surface area (Å²) in [6.07, 6.45) is 2.20. The molecule has 1 aliphatic rings. The molecule has 2 aromatic heterocycles. The zero-order valence-electron chi connectivity index (χ0n) is 17.9. The van der Waals surface area contributed by atoms with Crippen molar-refractivity contribution in [1.29, 1.82) is 0 Å². The van der Waals surface area contributed by atoms with Gasteiger partial charge in [-0.25, -0.2) is 4.68 Å². The van der Waals surface area contributed by atoms with Crippen LogP contribution in [0.15, 0.2) is 28.9 Å². The van der Waals surface area contributed by atoms with Crippen LogP contribution < -0.4 is 14.8 Å². The summed E-state index contributed by atoms with van der Waals surface area (Å²) in [7, 11) is 1.61. The number of amides is 1. The van der Waals surface area contributed by atoms with Gasteiger partial charge in [-0.05, 0) is 45.4 Å². The second kappa shape index (κ2) is 7.85. The predicted molar refractivity (Wildman–Crippen MR) is 111 cm³/mol. The van der Waals surface area contributed by atoms with Crippen LogP contribution in [0.25, 0.3) is 0 Å². The second-order valence-electron chi connectivity index (χ2n) is 7.79. The maximum Gasteiger partial charge on any atom is 0.226 e. The number of hydrogen-bond donors (Lipinski definition) is 1. The molecule has 0 saturated heterocycles. The van der Waals surface area contributed by atoms with Crippen LogP contribution in [-0.4, -0.2) is 28.0 Å². The molecule has 158 valence electrons. The molecule has 1 amide bonds. The first kappa shape index (κ1) is 20.0. The Balaban J connectivity index is 1.63. The van der Waals surface area contributed by atoms with E-state index in [1.165, 1.54) is 0 Å². The number of fused-ring (bicyclic) bond motifs is 1. The molecule has 8 heteroatoms. The van der Waals surface area contributed by atoms with Crippen LogP contribution in [0.5, 0.6) is 11.5 Å². The first-order valence-electron chi connectivity index (χ1n) is 9.98. The fourth-order valence-electron chi connectivity index (χ4n) is 3.81. The molecule has 1 aliphatic heterocycles. The van der Waals surface area contributed by atoms with Crippen molar-refractivity contribution in [1.82, 2.24) is 14.9 Å². The Morgan fingerprint density at radius 1 is 1.30 bits per heavy atom. The molecule has 3 aromatic rings. The molecule has 0 saturated carbocycles. The van der Waals surface area contributed by atoms with Gasteiger partial charge < -0.3 is 19.3 Å². The molecule has 1 aromatic carbocycles. The van der Waals surface area contributed by atoms with Crippen molar-refractivity contribution >= 4 is 11.7 Å². The summed E-state index contributed by atoms with van der Waals surface area (Å²) in [6.45, 7) is 8.17. The number of nitrogens with zero attached hydrogens (tertiary/aromatic N) is 3. The number of carbonyl (C=O) groups is 1. The minimum atomic E-state index is -0.0910. The highest BCUT2D eigenvalue weighted by molar-refractivity contribution is 5.94. The lowest BCUT2D eigenvalue weighted by atomic mass is 9.87. The number of nitrogens with one attached hydrogen (secondary N) is 1. The van der Waals surface area contributed by atoms with Crippen molar-refractivity contribution in [2.45, 2.75) is 52.7 Å². The molecule has 1 N–H and O–H groups in total. The van der Waals surface area contributed by atoms with E-state index in [2.05, 4.69) is 15.6 Å². The molecule has 0 spiro atoms. The Labute approximate surface area is 175 Å². The molecular weight excluding hydrogens is 384 g/mol. The van der Waals surface area contributed by atoms with Gasteiger partial charge in [0.25, 0.3) is 0 Å². The largest absolute Gasteiger partial charge is 0.493 e. The lowest BCUT2D eigenvalue weighted by Gasteiger charge is -2.25. The van der Waals surface area contributed by atoms with Crippen molar-refractivity contribution < 1.29 is 18.8 Å². The highest BCUT2D eigenvalue weighted by Gasteiger charge is 2.31. The third kappa shape index (κ3) is 3.53. The Morgan fingerprint density at radius 2 is 2.10 bits per heavy atom. The summed E-state index contributed by atoms with van der Waals surface area (Å²) in [4.78, 5) is 12.4. The first-order chi connectivity index (χ1) is 14.4. The monoisotopic (exact) mass is 410 g/mol. The van der Waals surface area contributed by atoms with Gasteiger partial charge >= 0.3 is 0 Å². The van der Waals surface area contributed by atoms with E-state index in [4.69, 9.17) is 14.0 Å². The number of aryl methyl sites for hydroxylation is 2. The maximum atomic E-state index is 12.4. The summed E-state index contributed by atoms with van der Waals surface area (Å²) in [5.41, 5.74) is 3.73. The van der Waals surface area contributed by atoms with Crippen LogP contribution in [-0.2, 0) is 11.4 Å². The van der Waals surface area contributed by atoms with E-state index < -0.39 is 0 Å². The number of rotatable bonds is 6. The van der Waals surface area contributed by atoms with Gasteiger partial charge in [0, 0.05) is 23.9 Å². The Bertz CT molecular complexity index is 1060. The van der Waals surface area contributed by atoms with Crippen LogP contribution in [0.1, 0.15) is 60.4 Å². The third-order valence-corrected chi connectivity index (χ3v) is 5.48. The molecule has 0 bridgehead atoms. The SMILES string of the molecule is COc1cc(C2CC(=O)Nc3c2cnn3C(C)C)ccc1OCc1c(C)noc1C. The molecular formula is C22H26N4O4. The van der Waals surface area contributed by atoms with Gasteiger partial charge in [-0.15, -0.1) is 0 Å². The normalized spacial score (nSPS) is 15.8. The van der Waals surface area contributed by atoms with Crippen molar-refractivity contribution in [2.24, 2.45) is 0 Å². The van der Waals surface area contributed by atoms with E-state index in [0.29, 0.717) is 24.5 Å². The quantitative estimate of drug-likeness (QED) is 0.657. The molecule has 3 heterocycles. The van der Waals surface area contributed by atoms with Crippen molar-refractivity contribution in [3.8, 4) is 11.5 Å². The smallest absolute Gasteiger partial charge is 0.226 e. The van der Waals surface area contributed by atoms with Crippen LogP contribution in [0.4, 0.5) is 5.82 Å². The van der Waals surface area contributed by atoms with Crippen LogP contribution in [0, 0.1) is 13.8 Å². The van der Waals surface area contributed by atoms with E-state index in [-0.39, 0.29) is 17.9 Å². The minimum absolute atomic E-state index is 0.0207. The molecule has 4 rings (SSSR count). The Kier molecular flexibility index (Phi) is 5.24. The highest BCUT2D eigenvalue weighted by Crippen LogP contribution is 2.41. The van der Waals surface area contributed by atoms with Gasteiger partial charge in [0.2, 0.25) is 5.91 Å². The van der Waals surface area contributed by atoms with Gasteiger partial charge in [0.1, 0.15) is 18.2 Å². The fourth-order valence-corrected chi connectivity index (χ4v) is 3.81. The van der Waals surface area contributed by atoms with Gasteiger partial charge in [-0.1, -0.05) is 11.2 Å². The summed E-state index contributed by atoms with van der Waals surface area (Å²) >= 11 is 0. The summed E-state index contributed by atoms with van der Waals surface area (Å²) in [5.74, 6) is 2.64. The third-order valence-electron chi connectivity index (χ3n) is 5.48. The molecule has 0 radical (unpaired) electrons. The second-order valence-corrected chi connectivity index (χ2v) is 7.79. The lowest BCUT2D eigenvalue weighted by molar-refractivity contribution is -0.116. The number of hydrogen-bond acceptors (Lipinski definition) is 6. The Hall–Kier alpha value is -3.29. The summed E-state index contributed by atoms with van der Waals surface area (Å²) in [5, 5.41) is 11.4. The predicted octanol–water partition coefficient (Wildman–Crippen LogP) is 4.13. The average Bonchev–Trinajstić information content (AvgIpc) is 3.29. The topological polar surface area (TPSA) is 91.4 Å². The van der Waals surface area contributed by atoms with Crippen LogP contribution in [0.2, 0.25) is 0 Å². The van der Waals surface area contributed by atoms with Crippen LogP contribution in [0.3, 0.4) is 0 Å². The number of ether oxygens (including phenoxy) is 2. The maximum absolute atomic E-state index is 12.4. The van der Waals surface area contributed by atoms with Crippen molar-refractivity contribution in [3.63, 3.8) is 0 Å². The van der Waals surface area contributed by atoms with Crippen LogP contribution >= 0.6 is 0 Å². The molecule has 1 atom stereocenters. The molecule has 0 aliphatic carbocycles. The lowest BCUT2D eigenvalue weighted by Crippen LogP contribution is -2.25. The molecule has 30 heavy (non-hydrogen) atoms. The number of carbonyl (C=O) groups excluding carboxylic acids is 1. The minimum Gasteiger partial charge on any atom is -0.493 e. The van der Waals surface area contributed by atoms with E-state index in [1.807, 2.05) is 56.8 Å².